The predicted molar refractivity (Wildman–Crippen MR) is 156 cm³/mol. The maximum Gasteiger partial charge on any atom is 0.475 e. The van der Waals surface area contributed by atoms with Crippen molar-refractivity contribution in [3.8, 4) is 0 Å². The molecule has 2 amide bonds. The van der Waals surface area contributed by atoms with E-state index < -0.39 is 24.6 Å². The maximum atomic E-state index is 13.6. The Morgan fingerprint density at radius 1 is 1.18 bits per heavy atom. The highest BCUT2D eigenvalue weighted by Crippen LogP contribution is 2.30. The second-order valence-corrected chi connectivity index (χ2v) is 12.6. The first-order chi connectivity index (χ1) is 18.6. The molecule has 0 saturated heterocycles. The molecular weight excluding hydrogens is 509 g/mol. The first-order valence-electron chi connectivity index (χ1n) is 14.0. The van der Waals surface area contributed by atoms with E-state index in [1.807, 2.05) is 85.7 Å². The van der Waals surface area contributed by atoms with Gasteiger partial charge in [-0.1, -0.05) is 69.6 Å². The van der Waals surface area contributed by atoms with E-state index in [9.17, 15) is 19.6 Å². The van der Waals surface area contributed by atoms with Crippen LogP contribution in [0.4, 0.5) is 0 Å². The van der Waals surface area contributed by atoms with Crippen LogP contribution in [0.2, 0.25) is 0 Å². The summed E-state index contributed by atoms with van der Waals surface area (Å²) in [6, 6.07) is 9.58. The van der Waals surface area contributed by atoms with E-state index in [1.165, 1.54) is 0 Å². The SMILES string of the molecule is Cc1cccc(CC2(C(=O)NC(CC(C)C)B(O)O)CC(CNC(=O)c3cc(C(C)(C)C)nn3C(C)C)=NO2)c1. The summed E-state index contributed by atoms with van der Waals surface area (Å²) in [5, 5.41) is 34.3. The second kappa shape index (κ2) is 12.6. The highest BCUT2D eigenvalue weighted by molar-refractivity contribution is 6.43. The minimum Gasteiger partial charge on any atom is -0.426 e. The van der Waals surface area contributed by atoms with E-state index in [1.54, 1.807) is 4.68 Å². The van der Waals surface area contributed by atoms with Crippen molar-refractivity contribution in [1.82, 2.24) is 20.4 Å². The number of amides is 2. The molecule has 3 rings (SSSR count). The highest BCUT2D eigenvalue weighted by atomic mass is 16.7. The Kier molecular flexibility index (Phi) is 9.84. The monoisotopic (exact) mass is 553 g/mol. The molecule has 0 saturated carbocycles. The van der Waals surface area contributed by atoms with Gasteiger partial charge < -0.3 is 25.5 Å². The maximum absolute atomic E-state index is 13.6. The van der Waals surface area contributed by atoms with Gasteiger partial charge in [0.1, 0.15) is 5.69 Å². The normalized spacial score (nSPS) is 17.9. The van der Waals surface area contributed by atoms with Crippen molar-refractivity contribution in [3.05, 3.63) is 52.8 Å². The average molecular weight is 554 g/mol. The third-order valence-corrected chi connectivity index (χ3v) is 6.91. The van der Waals surface area contributed by atoms with Crippen molar-refractivity contribution in [2.75, 3.05) is 6.54 Å². The van der Waals surface area contributed by atoms with Crippen LogP contribution in [0, 0.1) is 12.8 Å². The minimum atomic E-state index is -1.72. The topological polar surface area (TPSA) is 138 Å². The number of nitrogens with zero attached hydrogens (tertiary/aromatic N) is 3. The number of aryl methyl sites for hydroxylation is 1. The predicted octanol–water partition coefficient (Wildman–Crippen LogP) is 3.10. The van der Waals surface area contributed by atoms with Crippen LogP contribution in [0.15, 0.2) is 35.5 Å². The van der Waals surface area contributed by atoms with Crippen molar-refractivity contribution >= 4 is 24.6 Å². The Hall–Kier alpha value is -3.18. The lowest BCUT2D eigenvalue weighted by atomic mass is 9.74. The molecule has 4 N–H and O–H groups in total. The third kappa shape index (κ3) is 7.72. The smallest absolute Gasteiger partial charge is 0.426 e. The van der Waals surface area contributed by atoms with Gasteiger partial charge in [-0.2, -0.15) is 5.10 Å². The molecule has 218 valence electrons. The Balaban J connectivity index is 1.79. The van der Waals surface area contributed by atoms with Crippen LogP contribution in [0.1, 0.15) is 94.7 Å². The number of hydrogen-bond acceptors (Lipinski definition) is 7. The van der Waals surface area contributed by atoms with Crippen LogP contribution in [-0.4, -0.2) is 62.6 Å². The number of nitrogens with one attached hydrogen (secondary N) is 2. The molecule has 1 aliphatic heterocycles. The molecule has 1 aromatic heterocycles. The summed E-state index contributed by atoms with van der Waals surface area (Å²) < 4.78 is 1.72. The van der Waals surface area contributed by atoms with Crippen LogP contribution in [-0.2, 0) is 21.5 Å². The van der Waals surface area contributed by atoms with Crippen molar-refractivity contribution in [1.29, 1.82) is 0 Å². The zero-order valence-electron chi connectivity index (χ0n) is 25.0. The van der Waals surface area contributed by atoms with Gasteiger partial charge in [-0.05, 0) is 44.7 Å². The van der Waals surface area contributed by atoms with Gasteiger partial charge >= 0.3 is 7.12 Å². The third-order valence-electron chi connectivity index (χ3n) is 6.91. The lowest BCUT2D eigenvalue weighted by molar-refractivity contribution is -0.144. The number of oxime groups is 1. The zero-order valence-corrected chi connectivity index (χ0v) is 25.0. The molecule has 2 heterocycles. The number of hydrogen-bond donors (Lipinski definition) is 4. The molecule has 2 aromatic rings. The number of rotatable bonds is 11. The molecule has 0 spiro atoms. The van der Waals surface area contributed by atoms with Crippen molar-refractivity contribution in [3.63, 3.8) is 0 Å². The van der Waals surface area contributed by atoms with E-state index in [4.69, 9.17) is 4.84 Å². The average Bonchev–Trinajstić information content (AvgIpc) is 3.48. The zero-order chi connectivity index (χ0) is 29.8. The second-order valence-electron chi connectivity index (χ2n) is 12.6. The van der Waals surface area contributed by atoms with Crippen molar-refractivity contribution in [2.45, 2.75) is 97.7 Å². The Morgan fingerprint density at radius 3 is 2.45 bits per heavy atom. The van der Waals surface area contributed by atoms with Crippen LogP contribution >= 0.6 is 0 Å². The van der Waals surface area contributed by atoms with Crippen molar-refractivity contribution < 1.29 is 24.5 Å². The van der Waals surface area contributed by atoms with Crippen LogP contribution in [0.3, 0.4) is 0 Å². The molecule has 2 unspecified atom stereocenters. The molecule has 0 radical (unpaired) electrons. The van der Waals surface area contributed by atoms with Gasteiger partial charge in [0.15, 0.2) is 0 Å². The van der Waals surface area contributed by atoms with Gasteiger partial charge in [0.2, 0.25) is 5.60 Å². The van der Waals surface area contributed by atoms with E-state index in [0.29, 0.717) is 17.8 Å². The molecule has 10 nitrogen and oxygen atoms in total. The fourth-order valence-electron chi connectivity index (χ4n) is 4.75. The summed E-state index contributed by atoms with van der Waals surface area (Å²) in [5.41, 5.74) is 2.11. The van der Waals surface area contributed by atoms with Gasteiger partial charge in [-0.3, -0.25) is 14.3 Å². The Bertz CT molecular complexity index is 1230. The molecule has 0 aliphatic carbocycles. The van der Waals surface area contributed by atoms with Gasteiger partial charge in [0.05, 0.1) is 23.9 Å². The van der Waals surface area contributed by atoms with Gasteiger partial charge in [-0.15, -0.1) is 0 Å². The molecule has 1 aromatic carbocycles. The summed E-state index contributed by atoms with van der Waals surface area (Å²) in [4.78, 5) is 32.7. The lowest BCUT2D eigenvalue weighted by Crippen LogP contribution is -2.56. The Labute approximate surface area is 237 Å². The van der Waals surface area contributed by atoms with Crippen LogP contribution in [0.25, 0.3) is 0 Å². The quantitative estimate of drug-likeness (QED) is 0.316. The minimum absolute atomic E-state index is 0.00432. The fourth-order valence-corrected chi connectivity index (χ4v) is 4.75. The standard InChI is InChI=1S/C29H44BN5O5/c1-18(2)12-25(30(38)39)32-27(37)29(15-21-11-9-10-20(5)13-21)16-22(34-40-29)17-31-26(36)23-14-24(28(6,7)8)33-35(23)19(3)4/h9-11,13-14,18-19,25,38-39H,12,15-17H2,1-8H3,(H,31,36)(H,32,37). The van der Waals surface area contributed by atoms with Gasteiger partial charge in [-0.25, -0.2) is 0 Å². The van der Waals surface area contributed by atoms with Crippen LogP contribution in [0.5, 0.6) is 0 Å². The number of aromatic nitrogens is 2. The first kappa shape index (κ1) is 31.4. The van der Waals surface area contributed by atoms with E-state index in [2.05, 4.69) is 20.9 Å². The molecule has 0 bridgehead atoms. The Morgan fingerprint density at radius 2 is 1.88 bits per heavy atom. The first-order valence-corrected chi connectivity index (χ1v) is 14.0. The molecule has 1 aliphatic rings. The number of benzene rings is 1. The lowest BCUT2D eigenvalue weighted by Gasteiger charge is -2.29. The molecule has 0 fully saturated rings. The summed E-state index contributed by atoms with van der Waals surface area (Å²) in [5.74, 6) is -1.50. The largest absolute Gasteiger partial charge is 0.475 e. The van der Waals surface area contributed by atoms with Gasteiger partial charge in [0.25, 0.3) is 11.8 Å². The molecule has 2 atom stereocenters. The molecular formula is C29H44BN5O5. The van der Waals surface area contributed by atoms with Gasteiger partial charge in [0, 0.05) is 24.3 Å². The molecule has 11 heteroatoms. The molecule has 40 heavy (non-hydrogen) atoms. The fraction of sp³-hybridized carbons (Fsp3) is 0.586. The summed E-state index contributed by atoms with van der Waals surface area (Å²) in [7, 11) is -1.72. The van der Waals surface area contributed by atoms with E-state index in [-0.39, 0.29) is 42.7 Å². The van der Waals surface area contributed by atoms with E-state index >= 15 is 0 Å². The van der Waals surface area contributed by atoms with Crippen LogP contribution < -0.4 is 10.6 Å². The highest BCUT2D eigenvalue weighted by Gasteiger charge is 2.48. The summed E-state index contributed by atoms with van der Waals surface area (Å²) >= 11 is 0. The summed E-state index contributed by atoms with van der Waals surface area (Å²) in [6.45, 7) is 16.0. The summed E-state index contributed by atoms with van der Waals surface area (Å²) in [6.07, 6.45) is 0.750. The number of carbonyl (C=O) groups excluding carboxylic acids is 2. The number of carbonyl (C=O) groups is 2. The van der Waals surface area contributed by atoms with E-state index in [0.717, 1.165) is 16.8 Å². The van der Waals surface area contributed by atoms with Crippen molar-refractivity contribution in [2.24, 2.45) is 11.1 Å².